The van der Waals surface area contributed by atoms with Gasteiger partial charge in [0.15, 0.2) is 0 Å². The van der Waals surface area contributed by atoms with Crippen LogP contribution in [-0.4, -0.2) is 24.6 Å². The number of rotatable bonds is 8. The zero-order chi connectivity index (χ0) is 15.0. The number of hydrogen-bond acceptors (Lipinski definition) is 3. The van der Waals surface area contributed by atoms with Gasteiger partial charge < -0.3 is 15.8 Å². The minimum absolute atomic E-state index is 0.0191. The first-order valence-corrected chi connectivity index (χ1v) is 7.24. The van der Waals surface area contributed by atoms with Crippen LogP contribution in [0.2, 0.25) is 0 Å². The summed E-state index contributed by atoms with van der Waals surface area (Å²) in [5.74, 6) is 0.780. The zero-order valence-corrected chi connectivity index (χ0v) is 12.7. The number of hydrogen-bond donors (Lipinski definition) is 2. The third-order valence-corrected chi connectivity index (χ3v) is 3.63. The Kier molecular flexibility index (Phi) is 6.52. The molecule has 3 N–H and O–H groups in total. The van der Waals surface area contributed by atoms with Gasteiger partial charge in [-0.2, -0.15) is 0 Å². The molecule has 0 fully saturated rings. The fraction of sp³-hybridized carbons (Fsp3) is 0.562. The highest BCUT2D eigenvalue weighted by Gasteiger charge is 2.20. The van der Waals surface area contributed by atoms with Crippen molar-refractivity contribution in [3.8, 4) is 5.75 Å². The third kappa shape index (κ3) is 5.61. The maximum atomic E-state index is 11.7. The molecule has 0 aliphatic carbocycles. The Morgan fingerprint density at radius 2 is 2.05 bits per heavy atom. The van der Waals surface area contributed by atoms with E-state index in [0.29, 0.717) is 19.6 Å². The van der Waals surface area contributed by atoms with Crippen molar-refractivity contribution < 1.29 is 9.53 Å². The van der Waals surface area contributed by atoms with Gasteiger partial charge in [-0.15, -0.1) is 0 Å². The Hall–Kier alpha value is -1.55. The minimum atomic E-state index is -0.299. The SMILES string of the molecule is CCC(N)(CC)CNC(=O)CCOc1cccc(C)c1. The van der Waals surface area contributed by atoms with E-state index >= 15 is 0 Å². The van der Waals surface area contributed by atoms with E-state index in [-0.39, 0.29) is 11.4 Å². The summed E-state index contributed by atoms with van der Waals surface area (Å²) in [5.41, 5.74) is 6.98. The molecule has 0 aromatic heterocycles. The van der Waals surface area contributed by atoms with Crippen molar-refractivity contribution in [2.75, 3.05) is 13.2 Å². The summed E-state index contributed by atoms with van der Waals surface area (Å²) in [7, 11) is 0. The fourth-order valence-corrected chi connectivity index (χ4v) is 1.83. The standard InChI is InChI=1S/C16H26N2O2/c1-4-16(17,5-2)12-18-15(19)9-10-20-14-8-6-7-13(3)11-14/h6-8,11H,4-5,9-10,12,17H2,1-3H3,(H,18,19). The van der Waals surface area contributed by atoms with E-state index in [2.05, 4.69) is 5.32 Å². The number of carbonyl (C=O) groups excluding carboxylic acids is 1. The van der Waals surface area contributed by atoms with Crippen LogP contribution in [0.3, 0.4) is 0 Å². The predicted octanol–water partition coefficient (Wildman–Crippen LogP) is 2.40. The summed E-state index contributed by atoms with van der Waals surface area (Å²) in [6, 6.07) is 7.80. The Balaban J connectivity index is 2.27. The van der Waals surface area contributed by atoms with Gasteiger partial charge in [-0.1, -0.05) is 26.0 Å². The van der Waals surface area contributed by atoms with Gasteiger partial charge in [0.1, 0.15) is 5.75 Å². The van der Waals surface area contributed by atoms with Gasteiger partial charge in [0.05, 0.1) is 13.0 Å². The first kappa shape index (κ1) is 16.5. The van der Waals surface area contributed by atoms with Crippen LogP contribution in [0, 0.1) is 6.92 Å². The summed E-state index contributed by atoms with van der Waals surface area (Å²) in [4.78, 5) is 11.7. The molecule has 0 saturated heterocycles. The lowest BCUT2D eigenvalue weighted by Gasteiger charge is -2.26. The minimum Gasteiger partial charge on any atom is -0.493 e. The monoisotopic (exact) mass is 278 g/mol. The summed E-state index contributed by atoms with van der Waals surface area (Å²) in [6.07, 6.45) is 2.05. The molecular formula is C16H26N2O2. The molecule has 0 radical (unpaired) electrons. The fourth-order valence-electron chi connectivity index (χ4n) is 1.83. The van der Waals surface area contributed by atoms with Crippen LogP contribution in [-0.2, 0) is 4.79 Å². The van der Waals surface area contributed by atoms with E-state index < -0.39 is 0 Å². The molecular weight excluding hydrogens is 252 g/mol. The molecule has 4 heteroatoms. The van der Waals surface area contributed by atoms with Crippen molar-refractivity contribution in [1.29, 1.82) is 0 Å². The molecule has 4 nitrogen and oxygen atoms in total. The quantitative estimate of drug-likeness (QED) is 0.767. The zero-order valence-electron chi connectivity index (χ0n) is 12.7. The molecule has 112 valence electrons. The molecule has 0 aliphatic heterocycles. The number of carbonyl (C=O) groups is 1. The first-order chi connectivity index (χ1) is 9.49. The van der Waals surface area contributed by atoms with E-state index in [9.17, 15) is 4.79 Å². The van der Waals surface area contributed by atoms with Crippen LogP contribution in [0.5, 0.6) is 5.75 Å². The maximum Gasteiger partial charge on any atom is 0.223 e. The molecule has 1 amide bonds. The molecule has 0 aliphatic rings. The summed E-state index contributed by atoms with van der Waals surface area (Å²) in [5, 5.41) is 2.88. The van der Waals surface area contributed by atoms with E-state index in [0.717, 1.165) is 24.2 Å². The highest BCUT2D eigenvalue weighted by atomic mass is 16.5. The molecule has 20 heavy (non-hydrogen) atoms. The molecule has 0 atom stereocenters. The van der Waals surface area contributed by atoms with Crippen LogP contribution in [0.25, 0.3) is 0 Å². The molecule has 0 unspecified atom stereocenters. The van der Waals surface area contributed by atoms with E-state index in [4.69, 9.17) is 10.5 Å². The van der Waals surface area contributed by atoms with Gasteiger partial charge in [-0.3, -0.25) is 4.79 Å². The predicted molar refractivity (Wildman–Crippen MR) is 81.8 cm³/mol. The molecule has 1 aromatic carbocycles. The van der Waals surface area contributed by atoms with E-state index in [1.54, 1.807) is 0 Å². The number of nitrogens with two attached hydrogens (primary N) is 1. The van der Waals surface area contributed by atoms with Crippen molar-refractivity contribution in [1.82, 2.24) is 5.32 Å². The average Bonchev–Trinajstić information content (AvgIpc) is 2.45. The Morgan fingerprint density at radius 3 is 2.65 bits per heavy atom. The largest absolute Gasteiger partial charge is 0.493 e. The number of aryl methyl sites for hydroxylation is 1. The Labute approximate surface area is 121 Å². The van der Waals surface area contributed by atoms with Crippen LogP contribution in [0.4, 0.5) is 0 Å². The Morgan fingerprint density at radius 1 is 1.35 bits per heavy atom. The molecule has 1 aromatic rings. The number of ether oxygens (including phenoxy) is 1. The second kappa shape index (κ2) is 7.90. The van der Waals surface area contributed by atoms with E-state index in [1.807, 2.05) is 45.0 Å². The van der Waals surface area contributed by atoms with Gasteiger partial charge >= 0.3 is 0 Å². The van der Waals surface area contributed by atoms with Gasteiger partial charge in [0.2, 0.25) is 5.91 Å². The van der Waals surface area contributed by atoms with E-state index in [1.165, 1.54) is 0 Å². The Bertz CT molecular complexity index is 428. The summed E-state index contributed by atoms with van der Waals surface area (Å²) >= 11 is 0. The molecule has 0 spiro atoms. The highest BCUT2D eigenvalue weighted by Crippen LogP contribution is 2.12. The lowest BCUT2D eigenvalue weighted by molar-refractivity contribution is -0.121. The lowest BCUT2D eigenvalue weighted by Crippen LogP contribution is -2.49. The maximum absolute atomic E-state index is 11.7. The van der Waals surface area contributed by atoms with Crippen LogP contribution < -0.4 is 15.8 Å². The number of nitrogens with one attached hydrogen (secondary N) is 1. The number of benzene rings is 1. The second-order valence-corrected chi connectivity index (χ2v) is 5.26. The number of amides is 1. The van der Waals surface area contributed by atoms with Crippen LogP contribution in [0.15, 0.2) is 24.3 Å². The topological polar surface area (TPSA) is 64.3 Å². The lowest BCUT2D eigenvalue weighted by atomic mass is 9.94. The smallest absolute Gasteiger partial charge is 0.223 e. The molecule has 1 rings (SSSR count). The average molecular weight is 278 g/mol. The van der Waals surface area contributed by atoms with Crippen molar-refractivity contribution in [3.63, 3.8) is 0 Å². The van der Waals surface area contributed by atoms with Crippen LogP contribution in [0.1, 0.15) is 38.7 Å². The first-order valence-electron chi connectivity index (χ1n) is 7.24. The molecule has 0 saturated carbocycles. The van der Waals surface area contributed by atoms with Gasteiger partial charge in [-0.25, -0.2) is 0 Å². The summed E-state index contributed by atoms with van der Waals surface area (Å²) < 4.78 is 5.55. The second-order valence-electron chi connectivity index (χ2n) is 5.26. The normalized spacial score (nSPS) is 11.2. The van der Waals surface area contributed by atoms with Gasteiger partial charge in [-0.05, 0) is 37.5 Å². The van der Waals surface area contributed by atoms with Crippen molar-refractivity contribution >= 4 is 5.91 Å². The van der Waals surface area contributed by atoms with Crippen molar-refractivity contribution in [2.45, 2.75) is 45.6 Å². The third-order valence-electron chi connectivity index (χ3n) is 3.63. The van der Waals surface area contributed by atoms with Crippen molar-refractivity contribution in [3.05, 3.63) is 29.8 Å². The van der Waals surface area contributed by atoms with Crippen LogP contribution >= 0.6 is 0 Å². The summed E-state index contributed by atoms with van der Waals surface area (Å²) in [6.45, 7) is 6.98. The highest BCUT2D eigenvalue weighted by molar-refractivity contribution is 5.76. The van der Waals surface area contributed by atoms with Crippen molar-refractivity contribution in [2.24, 2.45) is 5.73 Å². The van der Waals surface area contributed by atoms with Gasteiger partial charge in [0.25, 0.3) is 0 Å². The molecule has 0 bridgehead atoms. The van der Waals surface area contributed by atoms with Gasteiger partial charge in [0, 0.05) is 12.1 Å². The molecule has 0 heterocycles.